The molecule has 0 aromatic rings. The Balaban J connectivity index is 1.48. The largest absolute Gasteiger partial charge is 0.500 e. The van der Waals surface area contributed by atoms with Gasteiger partial charge >= 0.3 is 15.6 Å². The molecule has 3 aliphatic rings. The van der Waals surface area contributed by atoms with Gasteiger partial charge in [-0.25, -0.2) is 9.13 Å². The molecule has 3 fully saturated rings. The maximum absolute atomic E-state index is 13.7. The van der Waals surface area contributed by atoms with Gasteiger partial charge in [0.2, 0.25) is 53.2 Å². The highest BCUT2D eigenvalue weighted by atomic mass is 31.2. The molecule has 9 amide bonds. The van der Waals surface area contributed by atoms with Crippen molar-refractivity contribution >= 4 is 68.8 Å². The molecular formula is C74H135N9O34P2. The summed E-state index contributed by atoms with van der Waals surface area (Å²) in [6.45, 7) is 1.08. The molecule has 3 saturated heterocycles. The summed E-state index contributed by atoms with van der Waals surface area (Å²) in [7, 11) is -9.91. The van der Waals surface area contributed by atoms with Crippen LogP contribution in [0.1, 0.15) is 182 Å². The van der Waals surface area contributed by atoms with E-state index >= 15 is 0 Å². The minimum absolute atomic E-state index is 0.0304. The summed E-state index contributed by atoms with van der Waals surface area (Å²) < 4.78 is 86.6. The topological polar surface area (TPSA) is 614 Å². The third-order valence-electron chi connectivity index (χ3n) is 19.3. The second kappa shape index (κ2) is 61.6. The van der Waals surface area contributed by atoms with Crippen LogP contribution in [0.4, 0.5) is 0 Å². The number of ether oxygens (including phenoxy) is 7. The van der Waals surface area contributed by atoms with Crippen LogP contribution in [0.5, 0.6) is 0 Å². The summed E-state index contributed by atoms with van der Waals surface area (Å²) in [6, 6.07) is -3.22. The number of rotatable bonds is 66. The lowest BCUT2D eigenvalue weighted by Crippen LogP contribution is -2.64. The van der Waals surface area contributed by atoms with E-state index < -0.39 is 197 Å². The van der Waals surface area contributed by atoms with Gasteiger partial charge in [0.25, 0.3) is 0 Å². The van der Waals surface area contributed by atoms with Crippen molar-refractivity contribution in [2.24, 2.45) is 0 Å². The molecule has 0 aliphatic carbocycles. The number of amides is 9. The fraction of sp³-hybridized carbons (Fsp3) is 0.851. The van der Waals surface area contributed by atoms with Crippen molar-refractivity contribution in [3.05, 3.63) is 12.3 Å². The lowest BCUT2D eigenvalue weighted by molar-refractivity contribution is -0.270. The first-order valence-corrected chi connectivity index (χ1v) is 44.1. The van der Waals surface area contributed by atoms with Crippen molar-refractivity contribution < 1.29 is 164 Å². The highest BCUT2D eigenvalue weighted by molar-refractivity contribution is 7.47. The van der Waals surface area contributed by atoms with Crippen LogP contribution in [0.15, 0.2) is 12.3 Å². The molecule has 0 aromatic carbocycles. The zero-order chi connectivity index (χ0) is 88.1. The number of phosphoric acid groups is 2. The first-order chi connectivity index (χ1) is 56.8. The monoisotopic (exact) mass is 1760 g/mol. The fourth-order valence-electron chi connectivity index (χ4n) is 12.7. The van der Waals surface area contributed by atoms with E-state index in [-0.39, 0.29) is 128 Å². The van der Waals surface area contributed by atoms with Crippen LogP contribution >= 0.6 is 15.6 Å². The third-order valence-corrected chi connectivity index (χ3v) is 21.2. The molecule has 0 radical (unpaired) electrons. The summed E-state index contributed by atoms with van der Waals surface area (Å²) in [5.74, 6) is -3.43. The Bertz CT molecular complexity index is 3050. The number of nitrogens with zero attached hydrogens (tertiary/aromatic N) is 3. The molecule has 0 bridgehead atoms. The van der Waals surface area contributed by atoms with E-state index in [4.69, 9.17) is 51.3 Å². The maximum atomic E-state index is 13.7. The lowest BCUT2D eigenvalue weighted by atomic mass is 9.97. The van der Waals surface area contributed by atoms with Crippen molar-refractivity contribution in [1.29, 1.82) is 0 Å². The first kappa shape index (κ1) is 108. The molecule has 0 saturated carbocycles. The summed E-state index contributed by atoms with van der Waals surface area (Å²) in [5, 5.41) is 116. The van der Waals surface area contributed by atoms with Crippen LogP contribution in [0.25, 0.3) is 0 Å². The molecule has 119 heavy (non-hydrogen) atoms. The first-order valence-electron chi connectivity index (χ1n) is 41.1. The van der Waals surface area contributed by atoms with Gasteiger partial charge in [-0.2, -0.15) is 0 Å². The van der Waals surface area contributed by atoms with Crippen LogP contribution in [0, 0.1) is 0 Å². The molecule has 3 rings (SSSR count). The maximum Gasteiger partial charge on any atom is 0.473 e. The van der Waals surface area contributed by atoms with Crippen LogP contribution < -0.4 is 31.9 Å². The van der Waals surface area contributed by atoms with E-state index in [1.807, 2.05) is 0 Å². The highest BCUT2D eigenvalue weighted by Gasteiger charge is 2.48. The Morgan fingerprint density at radius 2 is 0.664 bits per heavy atom. The summed E-state index contributed by atoms with van der Waals surface area (Å²) in [5.41, 5.74) is 0. The Morgan fingerprint density at radius 1 is 0.370 bits per heavy atom. The molecule has 0 spiro atoms. The number of aliphatic hydroxyl groups is 10. The van der Waals surface area contributed by atoms with Crippen molar-refractivity contribution in [2.45, 2.75) is 274 Å². The third kappa shape index (κ3) is 45.0. The molecule has 17 atom stereocenters. The predicted molar refractivity (Wildman–Crippen MR) is 420 cm³/mol. The Kier molecular flexibility index (Phi) is 55.7. The summed E-state index contributed by atoms with van der Waals surface area (Å²) in [6.07, 6.45) is -2.89. The van der Waals surface area contributed by atoms with Gasteiger partial charge in [-0.1, -0.05) is 44.6 Å². The Morgan fingerprint density at radius 3 is 0.983 bits per heavy atom. The zero-order valence-electron chi connectivity index (χ0n) is 69.0. The number of nitrogens with one attached hydrogen (secondary N) is 6. The van der Waals surface area contributed by atoms with E-state index in [0.717, 1.165) is 4.90 Å². The van der Waals surface area contributed by atoms with Crippen LogP contribution in [-0.2, 0) is 104 Å². The van der Waals surface area contributed by atoms with Crippen molar-refractivity contribution in [3.8, 4) is 0 Å². The number of hydrogen-bond donors (Lipinski definition) is 18. The van der Waals surface area contributed by atoms with E-state index in [1.165, 1.54) is 36.8 Å². The fourth-order valence-corrected chi connectivity index (χ4v) is 14.1. The van der Waals surface area contributed by atoms with Gasteiger partial charge in [-0.15, -0.1) is 0 Å². The SMILES string of the molecule is CC=COCCN(CCOP(=O)(O)OCCN(COP(=O)(O)OCCN(CCO)C(=O)CCCCCNC(=O)CCCCCOC1OC(CO)C(O)C(O)C1NC(C)=O)C(=O)CCCCCNC(=O)CCCCCOC1OC(CO)C(O)C(O)C1NC(C)=O)C(=O)CCCCCNC(=O)CCCCCOC1OC(CO)C(O)C(O)C1NC(C)=O. The Labute approximate surface area is 695 Å². The molecule has 45 heteroatoms. The van der Waals surface area contributed by atoms with E-state index in [1.54, 1.807) is 13.0 Å². The lowest BCUT2D eigenvalue weighted by Gasteiger charge is -2.42. The average molecular weight is 1760 g/mol. The molecule has 3 aliphatic heterocycles. The standard InChI is InChI=1S/C74H135N9O34P2/c1-5-39-107-43-34-82(61(95)28-16-7-19-31-76-58(92)25-13-10-22-41-109-73-64(79-52(3)89)70(101)67(98)55(48-86)116-73)36-45-111-118(103,104)112-46-37-83(62(96)29-17-8-20-32-77-59(93)26-14-11-23-42-110-74-65(80-53(4)90)71(102)68(99)56(49-87)117-74)50-114-119(105,106)113-44-35-81(33-38-84)60(94)27-15-6-18-30-75-57(91)24-12-9-21-40-108-72-63(78-51(2)88)69(100)66(97)54(47-85)115-72/h5,39,54-56,63-74,84-87,97-102H,6-38,40-50H2,1-4H3,(H,75,91)(H,76,92)(H,77,93)(H,78,88)(H,79,89)(H,80,90)(H,103,104)(H,105,106). The highest BCUT2D eigenvalue weighted by Crippen LogP contribution is 2.44. The smallest absolute Gasteiger partial charge is 0.473 e. The normalized spacial score (nSPS) is 24.1. The van der Waals surface area contributed by atoms with Crippen LogP contribution in [0.3, 0.4) is 0 Å². The van der Waals surface area contributed by atoms with Gasteiger partial charge in [0.1, 0.15) is 86.4 Å². The zero-order valence-corrected chi connectivity index (χ0v) is 70.8. The van der Waals surface area contributed by atoms with Crippen LogP contribution in [0.2, 0.25) is 0 Å². The van der Waals surface area contributed by atoms with Crippen LogP contribution in [-0.4, -0.2) is 352 Å². The second-order valence-electron chi connectivity index (χ2n) is 29.0. The van der Waals surface area contributed by atoms with E-state index in [0.29, 0.717) is 122 Å². The second-order valence-corrected chi connectivity index (χ2v) is 31.9. The Hall–Kier alpha value is -5.65. The summed E-state index contributed by atoms with van der Waals surface area (Å²) in [4.78, 5) is 138. The molecule has 43 nitrogen and oxygen atoms in total. The number of allylic oxidation sites excluding steroid dienone is 1. The number of aliphatic hydroxyl groups excluding tert-OH is 10. The number of carbonyl (C=O) groups is 9. The number of unbranched alkanes of at least 4 members (excludes halogenated alkanes) is 12. The number of hydrogen-bond acceptors (Lipinski definition) is 32. The molecule has 18 N–H and O–H groups in total. The molecule has 0 aromatic heterocycles. The molecule has 17 unspecified atom stereocenters. The quantitative estimate of drug-likeness (QED) is 0.0133. The van der Waals surface area contributed by atoms with Crippen molar-refractivity contribution in [2.75, 3.05) is 132 Å². The molecular weight excluding hydrogens is 1620 g/mol. The number of carbonyl (C=O) groups excluding carboxylic acids is 9. The predicted octanol–water partition coefficient (Wildman–Crippen LogP) is -2.17. The summed E-state index contributed by atoms with van der Waals surface area (Å²) >= 11 is 0. The molecule has 690 valence electrons. The van der Waals surface area contributed by atoms with Gasteiger partial charge in [0, 0.05) is 125 Å². The molecule has 3 heterocycles. The number of phosphoric ester groups is 2. The minimum Gasteiger partial charge on any atom is -0.500 e. The van der Waals surface area contributed by atoms with Crippen molar-refractivity contribution in [1.82, 2.24) is 46.6 Å². The van der Waals surface area contributed by atoms with E-state index in [9.17, 15) is 113 Å². The van der Waals surface area contributed by atoms with Gasteiger partial charge in [0.15, 0.2) is 18.9 Å². The minimum atomic E-state index is -5.01. The van der Waals surface area contributed by atoms with E-state index in [2.05, 4.69) is 31.9 Å². The van der Waals surface area contributed by atoms with Gasteiger partial charge in [-0.05, 0) is 84.0 Å². The van der Waals surface area contributed by atoms with Gasteiger partial charge in [0.05, 0.1) is 59.1 Å². The average Bonchev–Trinajstić information content (AvgIpc) is 0.818. The van der Waals surface area contributed by atoms with Crippen molar-refractivity contribution in [3.63, 3.8) is 0 Å². The van der Waals surface area contributed by atoms with Gasteiger partial charge < -0.3 is 141 Å². The van der Waals surface area contributed by atoms with Gasteiger partial charge in [-0.3, -0.25) is 61.2 Å².